The number of pyridine rings is 1. The Kier molecular flexibility index (Phi) is 4.28. The smallest absolute Gasteiger partial charge is 0.0199 e. The second-order valence-electron chi connectivity index (χ2n) is 6.89. The van der Waals surface area contributed by atoms with Crippen molar-refractivity contribution in [3.63, 3.8) is 0 Å². The number of aromatic nitrogens is 1. The predicted octanol–water partition coefficient (Wildman–Crippen LogP) is 5.07. The molecule has 1 radical (unpaired) electrons. The van der Waals surface area contributed by atoms with Crippen molar-refractivity contribution in [1.29, 1.82) is 0 Å². The molecule has 0 fully saturated rings. The quantitative estimate of drug-likeness (QED) is 0.434. The second-order valence-corrected chi connectivity index (χ2v) is 6.89. The van der Waals surface area contributed by atoms with Crippen molar-refractivity contribution in [3.05, 3.63) is 64.8 Å². The van der Waals surface area contributed by atoms with Gasteiger partial charge in [0.25, 0.3) is 0 Å². The molecule has 1 aromatic heterocycles. The first-order valence-electron chi connectivity index (χ1n) is 8.84. The van der Waals surface area contributed by atoms with Crippen molar-refractivity contribution in [2.75, 3.05) is 0 Å². The summed E-state index contributed by atoms with van der Waals surface area (Å²) >= 11 is 0. The summed E-state index contributed by atoms with van der Waals surface area (Å²) in [6.45, 7) is 0. The maximum atomic E-state index is 4.90. The molecule has 24 heavy (non-hydrogen) atoms. The molecular weight excluding hydrogens is 470 g/mol. The van der Waals surface area contributed by atoms with Gasteiger partial charge in [-0.2, -0.15) is 0 Å². The molecule has 0 aliphatic heterocycles. The summed E-state index contributed by atoms with van der Waals surface area (Å²) in [6, 6.07) is 14.6. The van der Waals surface area contributed by atoms with Crippen LogP contribution < -0.4 is 0 Å². The van der Waals surface area contributed by atoms with Crippen molar-refractivity contribution in [1.82, 2.24) is 4.98 Å². The van der Waals surface area contributed by atoms with E-state index in [1.807, 2.05) is 0 Å². The Bertz CT molecular complexity index is 903. The fraction of sp³-hybridized carbons (Fsp3) is 0.318. The van der Waals surface area contributed by atoms with Crippen LogP contribution in [-0.2, 0) is 45.8 Å². The van der Waals surface area contributed by atoms with Crippen LogP contribution in [0, 0.1) is 6.07 Å². The van der Waals surface area contributed by atoms with Gasteiger partial charge >= 0.3 is 0 Å². The van der Waals surface area contributed by atoms with Crippen LogP contribution in [0.15, 0.2) is 36.5 Å². The summed E-state index contributed by atoms with van der Waals surface area (Å²) in [6.07, 6.45) is 10.7. The van der Waals surface area contributed by atoms with Crippen molar-refractivity contribution >= 4 is 10.8 Å². The zero-order chi connectivity index (χ0) is 15.2. The normalized spacial score (nSPS) is 15.7. The molecule has 0 atom stereocenters. The van der Waals surface area contributed by atoms with Gasteiger partial charge < -0.3 is 4.98 Å². The van der Waals surface area contributed by atoms with Gasteiger partial charge in [0.1, 0.15) is 0 Å². The van der Waals surface area contributed by atoms with Crippen molar-refractivity contribution in [2.45, 2.75) is 44.9 Å². The van der Waals surface area contributed by atoms with E-state index in [0.717, 1.165) is 12.1 Å². The number of benzene rings is 2. The Morgan fingerprint density at radius 1 is 0.833 bits per heavy atom. The van der Waals surface area contributed by atoms with Crippen LogP contribution in [0.5, 0.6) is 0 Å². The van der Waals surface area contributed by atoms with Crippen LogP contribution in [0.1, 0.15) is 41.5 Å². The standard InChI is InChI=1S/C22H20N.Ir/c1-2-11-18-15(6-1)7-4-12-19(18)22-20-13-5-9-16-8-3-10-17(14-23-22)21(16)20;/h4-5,7,9,13-14H,1-3,6,8,10-11H2;/q-1;. The van der Waals surface area contributed by atoms with Gasteiger partial charge in [-0.25, -0.2) is 0 Å². The zero-order valence-corrected chi connectivity index (χ0v) is 16.1. The first-order valence-corrected chi connectivity index (χ1v) is 8.84. The Morgan fingerprint density at radius 3 is 2.62 bits per heavy atom. The Morgan fingerprint density at radius 2 is 1.67 bits per heavy atom. The van der Waals surface area contributed by atoms with Crippen LogP contribution >= 0.6 is 0 Å². The molecular formula is C22H20IrN-. The van der Waals surface area contributed by atoms with Crippen LogP contribution in [-0.4, -0.2) is 4.98 Å². The minimum Gasteiger partial charge on any atom is -0.304 e. The molecule has 0 N–H and O–H groups in total. The van der Waals surface area contributed by atoms with Gasteiger partial charge in [0.05, 0.1) is 0 Å². The number of hydrogen-bond acceptors (Lipinski definition) is 1. The molecule has 2 aromatic carbocycles. The molecule has 0 unspecified atom stereocenters. The number of fused-ring (bicyclic) bond motifs is 1. The van der Waals surface area contributed by atoms with Crippen molar-refractivity contribution < 1.29 is 20.1 Å². The largest absolute Gasteiger partial charge is 0.304 e. The third-order valence-electron chi connectivity index (χ3n) is 5.53. The molecule has 0 spiro atoms. The SMILES string of the molecule is [Ir].[c-]1ccc2c(c1-c1ncc3c4c(cccc14)CCC3)CCCC2. The molecule has 0 bridgehead atoms. The fourth-order valence-corrected chi connectivity index (χ4v) is 4.44. The molecule has 2 heteroatoms. The molecule has 3 aromatic rings. The third kappa shape index (κ3) is 2.44. The monoisotopic (exact) mass is 491 g/mol. The van der Waals surface area contributed by atoms with E-state index in [4.69, 9.17) is 4.98 Å². The predicted molar refractivity (Wildman–Crippen MR) is 94.7 cm³/mol. The average molecular weight is 491 g/mol. The Balaban J connectivity index is 0.00000146. The maximum absolute atomic E-state index is 4.90. The fourth-order valence-electron chi connectivity index (χ4n) is 4.44. The molecule has 2 aliphatic rings. The first-order chi connectivity index (χ1) is 11.4. The van der Waals surface area contributed by atoms with Crippen LogP contribution in [0.25, 0.3) is 22.0 Å². The minimum atomic E-state index is 0. The summed E-state index contributed by atoms with van der Waals surface area (Å²) in [5.41, 5.74) is 8.31. The summed E-state index contributed by atoms with van der Waals surface area (Å²) in [7, 11) is 0. The van der Waals surface area contributed by atoms with Gasteiger partial charge in [-0.3, -0.25) is 0 Å². The van der Waals surface area contributed by atoms with E-state index >= 15 is 0 Å². The number of aryl methyl sites for hydroxylation is 3. The van der Waals surface area contributed by atoms with E-state index < -0.39 is 0 Å². The average Bonchev–Trinajstić information content (AvgIpc) is 2.62. The summed E-state index contributed by atoms with van der Waals surface area (Å²) in [5, 5.41) is 2.79. The number of rotatable bonds is 1. The van der Waals surface area contributed by atoms with Gasteiger partial charge in [-0.05, 0) is 53.3 Å². The van der Waals surface area contributed by atoms with Gasteiger partial charge in [0, 0.05) is 26.3 Å². The van der Waals surface area contributed by atoms with Crippen molar-refractivity contribution in [2.24, 2.45) is 0 Å². The number of hydrogen-bond donors (Lipinski definition) is 0. The first kappa shape index (κ1) is 16.0. The molecule has 0 amide bonds. The van der Waals surface area contributed by atoms with Crippen LogP contribution in [0.3, 0.4) is 0 Å². The molecule has 2 aliphatic carbocycles. The number of nitrogens with zero attached hydrogens (tertiary/aromatic N) is 1. The van der Waals surface area contributed by atoms with Crippen LogP contribution in [0.2, 0.25) is 0 Å². The van der Waals surface area contributed by atoms with Crippen molar-refractivity contribution in [3.8, 4) is 11.3 Å². The Hall–Kier alpha value is -1.50. The van der Waals surface area contributed by atoms with Gasteiger partial charge in [0.2, 0.25) is 0 Å². The maximum Gasteiger partial charge on any atom is 0.0199 e. The van der Waals surface area contributed by atoms with Gasteiger partial charge in [-0.15, -0.1) is 34.9 Å². The molecule has 0 saturated carbocycles. The van der Waals surface area contributed by atoms with Gasteiger partial charge in [0.15, 0.2) is 0 Å². The summed E-state index contributed by atoms with van der Waals surface area (Å²) in [4.78, 5) is 4.90. The second kappa shape index (κ2) is 6.42. The molecule has 5 rings (SSSR count). The summed E-state index contributed by atoms with van der Waals surface area (Å²) < 4.78 is 0. The third-order valence-corrected chi connectivity index (χ3v) is 5.53. The molecule has 1 nitrogen and oxygen atoms in total. The Labute approximate surface area is 156 Å². The van der Waals surface area contributed by atoms with E-state index in [1.54, 1.807) is 0 Å². The van der Waals surface area contributed by atoms with E-state index in [2.05, 4.69) is 42.6 Å². The van der Waals surface area contributed by atoms with E-state index in [-0.39, 0.29) is 20.1 Å². The van der Waals surface area contributed by atoms with Crippen LogP contribution in [0.4, 0.5) is 0 Å². The minimum absolute atomic E-state index is 0. The summed E-state index contributed by atoms with van der Waals surface area (Å²) in [5.74, 6) is 0. The zero-order valence-electron chi connectivity index (χ0n) is 13.7. The topological polar surface area (TPSA) is 12.9 Å². The van der Waals surface area contributed by atoms with E-state index in [0.29, 0.717) is 0 Å². The molecule has 1 heterocycles. The molecule has 0 saturated heterocycles. The van der Waals surface area contributed by atoms with E-state index in [9.17, 15) is 0 Å². The van der Waals surface area contributed by atoms with Gasteiger partial charge in [-0.1, -0.05) is 37.5 Å². The van der Waals surface area contributed by atoms with E-state index in [1.165, 1.54) is 77.1 Å². The molecule has 123 valence electrons.